The van der Waals surface area contributed by atoms with Gasteiger partial charge in [0, 0.05) is 45.2 Å². The van der Waals surface area contributed by atoms with Crippen molar-refractivity contribution in [1.82, 2.24) is 9.97 Å². The average molecular weight is 350 g/mol. The van der Waals surface area contributed by atoms with Crippen molar-refractivity contribution in [3.8, 4) is 11.1 Å². The van der Waals surface area contributed by atoms with E-state index in [1.807, 2.05) is 30.5 Å². The first-order valence-corrected chi connectivity index (χ1v) is 8.37. The third-order valence-electron chi connectivity index (χ3n) is 4.72. The van der Waals surface area contributed by atoms with Crippen molar-refractivity contribution >= 4 is 28.3 Å². The van der Waals surface area contributed by atoms with Gasteiger partial charge in [0.25, 0.3) is 0 Å². The van der Waals surface area contributed by atoms with Gasteiger partial charge in [0.1, 0.15) is 11.5 Å². The van der Waals surface area contributed by atoms with Crippen LogP contribution in [0.2, 0.25) is 5.02 Å². The number of rotatable bonds is 1. The highest BCUT2D eigenvalue weighted by Gasteiger charge is 2.28. The zero-order chi connectivity index (χ0) is 17.0. The van der Waals surface area contributed by atoms with Gasteiger partial charge < -0.3 is 10.3 Å². The van der Waals surface area contributed by atoms with Crippen LogP contribution in [0, 0.1) is 5.82 Å². The Morgan fingerprint density at radius 1 is 1.00 bits per heavy atom. The van der Waals surface area contributed by atoms with Crippen LogP contribution >= 0.6 is 11.6 Å². The van der Waals surface area contributed by atoms with Crippen LogP contribution in [0.3, 0.4) is 0 Å². The molecular weight excluding hydrogens is 337 g/mol. The molecule has 1 aliphatic rings. The van der Waals surface area contributed by atoms with Gasteiger partial charge in [-0.15, -0.1) is 0 Å². The molecule has 3 nitrogen and oxygen atoms in total. The molecule has 0 bridgehead atoms. The van der Waals surface area contributed by atoms with E-state index >= 15 is 0 Å². The predicted molar refractivity (Wildman–Crippen MR) is 98.4 cm³/mol. The normalized spacial score (nSPS) is 15.5. The lowest BCUT2D eigenvalue weighted by atomic mass is 9.96. The zero-order valence-electron chi connectivity index (χ0n) is 13.1. The number of H-pyrrole nitrogens is 1. The Kier molecular flexibility index (Phi) is 3.09. The molecule has 0 fully saturated rings. The SMILES string of the molecule is Fc1cccc(Cl)c1C1Nc2ccccc2-c2ccnc3[nH]cc1c23. The largest absolute Gasteiger partial charge is 0.373 e. The van der Waals surface area contributed by atoms with E-state index in [-0.39, 0.29) is 5.82 Å². The molecule has 4 aromatic rings. The number of hydrogen-bond donors (Lipinski definition) is 2. The molecule has 0 saturated carbocycles. The summed E-state index contributed by atoms with van der Waals surface area (Å²) in [6.07, 6.45) is 3.67. The van der Waals surface area contributed by atoms with E-state index in [0.717, 1.165) is 33.4 Å². The van der Waals surface area contributed by atoms with E-state index in [9.17, 15) is 4.39 Å². The Hall–Kier alpha value is -2.85. The zero-order valence-corrected chi connectivity index (χ0v) is 13.8. The molecule has 1 atom stereocenters. The van der Waals surface area contributed by atoms with Crippen molar-refractivity contribution in [2.75, 3.05) is 5.32 Å². The molecule has 1 aliphatic heterocycles. The first kappa shape index (κ1) is 14.5. The molecule has 122 valence electrons. The number of halogens is 2. The van der Waals surface area contributed by atoms with Gasteiger partial charge >= 0.3 is 0 Å². The second-order valence-electron chi connectivity index (χ2n) is 6.08. The fraction of sp³-hybridized carbons (Fsp3) is 0.0500. The molecule has 25 heavy (non-hydrogen) atoms. The number of benzene rings is 2. The lowest BCUT2D eigenvalue weighted by Crippen LogP contribution is -2.13. The van der Waals surface area contributed by atoms with Crippen molar-refractivity contribution in [1.29, 1.82) is 0 Å². The lowest BCUT2D eigenvalue weighted by Gasteiger charge is -2.21. The lowest BCUT2D eigenvalue weighted by molar-refractivity contribution is 0.605. The van der Waals surface area contributed by atoms with Crippen molar-refractivity contribution in [3.63, 3.8) is 0 Å². The number of aromatic amines is 1. The summed E-state index contributed by atoms with van der Waals surface area (Å²) in [6.45, 7) is 0. The number of aromatic nitrogens is 2. The number of fused-ring (bicyclic) bond motifs is 2. The molecule has 2 aromatic carbocycles. The summed E-state index contributed by atoms with van der Waals surface area (Å²) in [5, 5.41) is 4.87. The first-order valence-electron chi connectivity index (χ1n) is 8.00. The molecule has 2 aromatic heterocycles. The molecule has 0 aliphatic carbocycles. The van der Waals surface area contributed by atoms with Crippen LogP contribution in [0.25, 0.3) is 22.2 Å². The molecule has 0 saturated heterocycles. The molecule has 2 N–H and O–H groups in total. The number of pyridine rings is 1. The van der Waals surface area contributed by atoms with E-state index in [2.05, 4.69) is 21.4 Å². The number of nitrogens with zero attached hydrogens (tertiary/aromatic N) is 1. The smallest absolute Gasteiger partial charge is 0.138 e. The fourth-order valence-electron chi connectivity index (χ4n) is 3.63. The molecule has 3 heterocycles. The van der Waals surface area contributed by atoms with Gasteiger partial charge in [0.05, 0.1) is 6.04 Å². The van der Waals surface area contributed by atoms with Gasteiger partial charge in [-0.2, -0.15) is 0 Å². The Morgan fingerprint density at radius 2 is 1.88 bits per heavy atom. The Morgan fingerprint density at radius 3 is 2.76 bits per heavy atom. The van der Waals surface area contributed by atoms with E-state index in [1.165, 1.54) is 6.07 Å². The predicted octanol–water partition coefficient (Wildman–Crippen LogP) is 5.54. The van der Waals surface area contributed by atoms with Crippen LogP contribution in [0.4, 0.5) is 10.1 Å². The quantitative estimate of drug-likeness (QED) is 0.474. The number of anilines is 1. The van der Waals surface area contributed by atoms with Gasteiger partial charge in [-0.1, -0.05) is 35.9 Å². The van der Waals surface area contributed by atoms with E-state index in [1.54, 1.807) is 18.3 Å². The second-order valence-corrected chi connectivity index (χ2v) is 6.49. The topological polar surface area (TPSA) is 40.7 Å². The highest BCUT2D eigenvalue weighted by molar-refractivity contribution is 6.31. The first-order chi connectivity index (χ1) is 12.2. The van der Waals surface area contributed by atoms with Crippen LogP contribution in [0.5, 0.6) is 0 Å². The maximum Gasteiger partial charge on any atom is 0.138 e. The van der Waals surface area contributed by atoms with Crippen molar-refractivity contribution in [2.45, 2.75) is 6.04 Å². The number of para-hydroxylation sites is 1. The highest BCUT2D eigenvalue weighted by atomic mass is 35.5. The third-order valence-corrected chi connectivity index (χ3v) is 5.05. The summed E-state index contributed by atoms with van der Waals surface area (Å²) in [4.78, 5) is 7.62. The number of hydrogen-bond acceptors (Lipinski definition) is 2. The maximum absolute atomic E-state index is 14.7. The van der Waals surface area contributed by atoms with Gasteiger partial charge in [-0.05, 0) is 29.8 Å². The highest BCUT2D eigenvalue weighted by Crippen LogP contribution is 2.44. The van der Waals surface area contributed by atoms with Crippen molar-refractivity contribution < 1.29 is 4.39 Å². The second kappa shape index (κ2) is 5.33. The van der Waals surface area contributed by atoms with Crippen LogP contribution in [0.15, 0.2) is 60.9 Å². The van der Waals surface area contributed by atoms with Crippen LogP contribution in [0.1, 0.15) is 17.2 Å². The maximum atomic E-state index is 14.7. The van der Waals surface area contributed by atoms with Gasteiger partial charge in [-0.25, -0.2) is 9.37 Å². The Labute approximate surface area is 148 Å². The van der Waals surface area contributed by atoms with Crippen molar-refractivity contribution in [2.24, 2.45) is 0 Å². The minimum Gasteiger partial charge on any atom is -0.373 e. The summed E-state index contributed by atoms with van der Waals surface area (Å²) in [5.74, 6) is -0.329. The van der Waals surface area contributed by atoms with Gasteiger partial charge in [0.2, 0.25) is 0 Å². The van der Waals surface area contributed by atoms with Crippen LogP contribution < -0.4 is 5.32 Å². The molecule has 5 heteroatoms. The summed E-state index contributed by atoms with van der Waals surface area (Å²) in [5.41, 5.74) is 5.22. The average Bonchev–Trinajstić information content (AvgIpc) is 2.99. The Balaban J connectivity index is 1.88. The fourth-order valence-corrected chi connectivity index (χ4v) is 3.90. The van der Waals surface area contributed by atoms with Crippen LogP contribution in [-0.2, 0) is 0 Å². The summed E-state index contributed by atoms with van der Waals surface area (Å²) >= 11 is 6.37. The molecule has 1 unspecified atom stereocenters. The minimum atomic E-state index is -0.408. The summed E-state index contributed by atoms with van der Waals surface area (Å²) < 4.78 is 14.7. The number of nitrogens with one attached hydrogen (secondary N) is 2. The monoisotopic (exact) mass is 349 g/mol. The standard InChI is InChI=1S/C20H13ClFN3/c21-14-5-3-6-15(22)18(14)19-13-10-24-20-17(13)12(8-9-23-20)11-4-1-2-7-16(11)25-19/h1-10,19,25H,(H,23,24). The summed E-state index contributed by atoms with van der Waals surface area (Å²) in [7, 11) is 0. The summed E-state index contributed by atoms with van der Waals surface area (Å²) in [6, 6.07) is 14.4. The van der Waals surface area contributed by atoms with Crippen LogP contribution in [-0.4, -0.2) is 9.97 Å². The molecule has 0 amide bonds. The molecular formula is C20H13ClFN3. The Bertz CT molecular complexity index is 1100. The van der Waals surface area contributed by atoms with Crippen molar-refractivity contribution in [3.05, 3.63) is 82.9 Å². The van der Waals surface area contributed by atoms with E-state index in [4.69, 9.17) is 11.6 Å². The molecule has 0 radical (unpaired) electrons. The molecule has 5 rings (SSSR count). The minimum absolute atomic E-state index is 0.329. The van der Waals surface area contributed by atoms with E-state index in [0.29, 0.717) is 10.6 Å². The van der Waals surface area contributed by atoms with E-state index < -0.39 is 6.04 Å². The molecule has 0 spiro atoms. The van der Waals surface area contributed by atoms with Gasteiger partial charge in [-0.3, -0.25) is 0 Å². The third kappa shape index (κ3) is 2.07. The van der Waals surface area contributed by atoms with Gasteiger partial charge in [0.15, 0.2) is 0 Å².